The molecule has 24 heavy (non-hydrogen) atoms. The fourth-order valence-corrected chi connectivity index (χ4v) is 2.60. The number of nitrogens with zero attached hydrogens (tertiary/aromatic N) is 6. The summed E-state index contributed by atoms with van der Waals surface area (Å²) in [5, 5.41) is 12.5. The van der Waals surface area contributed by atoms with Crippen molar-refractivity contribution in [3.8, 4) is 22.8 Å². The molecule has 0 saturated carbocycles. The van der Waals surface area contributed by atoms with E-state index in [-0.39, 0.29) is 6.04 Å². The summed E-state index contributed by atoms with van der Waals surface area (Å²) in [5.74, 6) is 1.00. The summed E-state index contributed by atoms with van der Waals surface area (Å²) in [6, 6.07) is 9.88. The zero-order valence-electron chi connectivity index (χ0n) is 13.6. The summed E-state index contributed by atoms with van der Waals surface area (Å²) in [4.78, 5) is 8.65. The SMILES string of the molecule is Cc1cc(-c2nc(-c3ccc4c(c3)nnn4C(C)C)no2)ccn1. The van der Waals surface area contributed by atoms with E-state index in [1.54, 1.807) is 6.20 Å². The lowest BCUT2D eigenvalue weighted by molar-refractivity contribution is 0.432. The second-order valence-electron chi connectivity index (χ2n) is 5.94. The van der Waals surface area contributed by atoms with Crippen molar-refractivity contribution in [2.24, 2.45) is 0 Å². The number of pyridine rings is 1. The second kappa shape index (κ2) is 5.52. The molecule has 0 aliphatic rings. The minimum atomic E-state index is 0.257. The van der Waals surface area contributed by atoms with Crippen LogP contribution in [0.15, 0.2) is 41.1 Å². The van der Waals surface area contributed by atoms with Crippen LogP contribution in [0.5, 0.6) is 0 Å². The van der Waals surface area contributed by atoms with E-state index in [2.05, 4.69) is 39.3 Å². The molecule has 4 aromatic rings. The third-order valence-electron chi connectivity index (χ3n) is 3.79. The molecule has 1 aromatic carbocycles. The molecule has 0 unspecified atom stereocenters. The van der Waals surface area contributed by atoms with Crippen LogP contribution in [0, 0.1) is 6.92 Å². The number of aromatic nitrogens is 6. The van der Waals surface area contributed by atoms with Gasteiger partial charge in [0, 0.05) is 29.1 Å². The highest BCUT2D eigenvalue weighted by Gasteiger charge is 2.13. The van der Waals surface area contributed by atoms with Crippen LogP contribution >= 0.6 is 0 Å². The number of aryl methyl sites for hydroxylation is 1. The molecule has 120 valence electrons. The minimum Gasteiger partial charge on any atom is -0.334 e. The predicted octanol–water partition coefficient (Wildman–Crippen LogP) is 3.43. The highest BCUT2D eigenvalue weighted by atomic mass is 16.5. The Bertz CT molecular complexity index is 1020. The molecule has 0 spiro atoms. The van der Waals surface area contributed by atoms with Gasteiger partial charge in [-0.3, -0.25) is 4.98 Å². The molecule has 7 nitrogen and oxygen atoms in total. The van der Waals surface area contributed by atoms with E-state index in [1.807, 2.05) is 41.9 Å². The van der Waals surface area contributed by atoms with Gasteiger partial charge in [-0.1, -0.05) is 10.4 Å². The lowest BCUT2D eigenvalue weighted by atomic mass is 10.2. The van der Waals surface area contributed by atoms with Gasteiger partial charge in [0.15, 0.2) is 0 Å². The van der Waals surface area contributed by atoms with Crippen molar-refractivity contribution >= 4 is 11.0 Å². The Morgan fingerprint density at radius 2 is 1.96 bits per heavy atom. The summed E-state index contributed by atoms with van der Waals surface area (Å²) in [6.45, 7) is 6.07. The molecule has 4 rings (SSSR count). The first-order valence-electron chi connectivity index (χ1n) is 7.74. The molecular weight excluding hydrogens is 304 g/mol. The third-order valence-corrected chi connectivity index (χ3v) is 3.79. The van der Waals surface area contributed by atoms with Crippen molar-refractivity contribution < 1.29 is 4.52 Å². The Balaban J connectivity index is 1.73. The molecule has 0 amide bonds. The molecule has 0 radical (unpaired) electrons. The summed E-state index contributed by atoms with van der Waals surface area (Å²) >= 11 is 0. The zero-order valence-corrected chi connectivity index (χ0v) is 13.6. The van der Waals surface area contributed by atoms with E-state index >= 15 is 0 Å². The number of fused-ring (bicyclic) bond motifs is 1. The average molecular weight is 320 g/mol. The zero-order chi connectivity index (χ0) is 16.7. The first-order chi connectivity index (χ1) is 11.6. The van der Waals surface area contributed by atoms with Crippen LogP contribution in [0.1, 0.15) is 25.6 Å². The molecular formula is C17H16N6O. The van der Waals surface area contributed by atoms with E-state index in [9.17, 15) is 0 Å². The maximum Gasteiger partial charge on any atom is 0.258 e. The Hall–Kier alpha value is -3.09. The molecule has 3 heterocycles. The van der Waals surface area contributed by atoms with Crippen molar-refractivity contribution in [3.05, 3.63) is 42.2 Å². The third kappa shape index (κ3) is 2.44. The van der Waals surface area contributed by atoms with Gasteiger partial charge in [0.25, 0.3) is 5.89 Å². The smallest absolute Gasteiger partial charge is 0.258 e. The van der Waals surface area contributed by atoms with Gasteiger partial charge in [-0.05, 0) is 51.1 Å². The molecule has 0 bridgehead atoms. The fraction of sp³-hybridized carbons (Fsp3) is 0.235. The largest absolute Gasteiger partial charge is 0.334 e. The quantitative estimate of drug-likeness (QED) is 0.575. The number of rotatable bonds is 3. The van der Waals surface area contributed by atoms with Crippen LogP contribution in [0.2, 0.25) is 0 Å². The molecule has 0 fully saturated rings. The van der Waals surface area contributed by atoms with Crippen molar-refractivity contribution in [1.29, 1.82) is 0 Å². The molecule has 7 heteroatoms. The topological polar surface area (TPSA) is 82.5 Å². The highest BCUT2D eigenvalue weighted by molar-refractivity contribution is 5.80. The second-order valence-corrected chi connectivity index (χ2v) is 5.94. The van der Waals surface area contributed by atoms with Gasteiger partial charge >= 0.3 is 0 Å². The lowest BCUT2D eigenvalue weighted by Gasteiger charge is -2.04. The molecule has 0 N–H and O–H groups in total. The molecule has 0 aliphatic carbocycles. The lowest BCUT2D eigenvalue weighted by Crippen LogP contribution is -2.02. The number of hydrogen-bond acceptors (Lipinski definition) is 6. The van der Waals surface area contributed by atoms with E-state index in [1.165, 1.54) is 0 Å². The van der Waals surface area contributed by atoms with Crippen LogP contribution in [-0.2, 0) is 0 Å². The van der Waals surface area contributed by atoms with E-state index in [4.69, 9.17) is 4.52 Å². The van der Waals surface area contributed by atoms with Crippen LogP contribution < -0.4 is 0 Å². The molecule has 0 saturated heterocycles. The first-order valence-corrected chi connectivity index (χ1v) is 7.74. The van der Waals surface area contributed by atoms with Crippen LogP contribution in [0.4, 0.5) is 0 Å². The summed E-state index contributed by atoms with van der Waals surface area (Å²) < 4.78 is 7.27. The summed E-state index contributed by atoms with van der Waals surface area (Å²) in [7, 11) is 0. The number of hydrogen-bond donors (Lipinski definition) is 0. The van der Waals surface area contributed by atoms with Gasteiger partial charge in [0.1, 0.15) is 5.52 Å². The van der Waals surface area contributed by atoms with Gasteiger partial charge in [-0.25, -0.2) is 4.68 Å². The van der Waals surface area contributed by atoms with Crippen molar-refractivity contribution in [3.63, 3.8) is 0 Å². The van der Waals surface area contributed by atoms with Gasteiger partial charge in [0.2, 0.25) is 5.82 Å². The van der Waals surface area contributed by atoms with Gasteiger partial charge in [-0.15, -0.1) is 5.10 Å². The number of benzene rings is 1. The van der Waals surface area contributed by atoms with Crippen LogP contribution in [0.25, 0.3) is 33.9 Å². The maximum atomic E-state index is 5.39. The Morgan fingerprint density at radius 3 is 2.75 bits per heavy atom. The fourth-order valence-electron chi connectivity index (χ4n) is 2.60. The van der Waals surface area contributed by atoms with Crippen LogP contribution in [-0.4, -0.2) is 30.1 Å². The van der Waals surface area contributed by atoms with E-state index < -0.39 is 0 Å². The standard InChI is InChI=1S/C17H16N6O/c1-10(2)23-15-5-4-12(9-14(15)20-22-23)16-19-17(24-21-16)13-6-7-18-11(3)8-13/h4-10H,1-3H3. The first kappa shape index (κ1) is 14.5. The van der Waals surface area contributed by atoms with Gasteiger partial charge < -0.3 is 4.52 Å². The minimum absolute atomic E-state index is 0.257. The normalized spacial score (nSPS) is 11.5. The summed E-state index contributed by atoms with van der Waals surface area (Å²) in [5.41, 5.74) is 4.40. The summed E-state index contributed by atoms with van der Waals surface area (Å²) in [6.07, 6.45) is 1.73. The molecule has 0 atom stereocenters. The van der Waals surface area contributed by atoms with Gasteiger partial charge in [0.05, 0.1) is 5.52 Å². The maximum absolute atomic E-state index is 5.39. The van der Waals surface area contributed by atoms with Crippen molar-refractivity contribution in [2.75, 3.05) is 0 Å². The van der Waals surface area contributed by atoms with Crippen molar-refractivity contribution in [1.82, 2.24) is 30.1 Å². The highest BCUT2D eigenvalue weighted by Crippen LogP contribution is 2.25. The monoisotopic (exact) mass is 320 g/mol. The van der Waals surface area contributed by atoms with Crippen LogP contribution in [0.3, 0.4) is 0 Å². The Morgan fingerprint density at radius 1 is 1.08 bits per heavy atom. The van der Waals surface area contributed by atoms with Gasteiger partial charge in [-0.2, -0.15) is 4.98 Å². The Kier molecular flexibility index (Phi) is 3.34. The predicted molar refractivity (Wildman–Crippen MR) is 89.2 cm³/mol. The molecule has 3 aromatic heterocycles. The van der Waals surface area contributed by atoms with E-state index in [0.717, 1.165) is 27.9 Å². The van der Waals surface area contributed by atoms with E-state index in [0.29, 0.717) is 11.7 Å². The average Bonchev–Trinajstić information content (AvgIpc) is 3.21. The molecule has 0 aliphatic heterocycles. The Labute approximate surface area is 138 Å². The van der Waals surface area contributed by atoms with Crippen molar-refractivity contribution in [2.45, 2.75) is 26.8 Å².